The van der Waals surface area contributed by atoms with Crippen LogP contribution in [0.4, 0.5) is 5.82 Å². The molecule has 82 valence electrons. The van der Waals surface area contributed by atoms with Crippen LogP contribution in [0.15, 0.2) is 36.7 Å². The summed E-state index contributed by atoms with van der Waals surface area (Å²) in [6.07, 6.45) is 3.99. The van der Waals surface area contributed by atoms with Crippen molar-refractivity contribution in [3.63, 3.8) is 0 Å². The van der Waals surface area contributed by atoms with Crippen LogP contribution < -0.4 is 10.5 Å². The monoisotopic (exact) mass is 215 g/mol. The number of nitrogens with zero attached hydrogens (tertiary/aromatic N) is 2. The van der Waals surface area contributed by atoms with E-state index in [4.69, 9.17) is 10.5 Å². The second-order valence-electron chi connectivity index (χ2n) is 3.39. The molecule has 0 bridgehead atoms. The lowest BCUT2D eigenvalue weighted by atomic mass is 10.2. The highest BCUT2D eigenvalue weighted by Gasteiger charge is 2.00. The van der Waals surface area contributed by atoms with Gasteiger partial charge in [-0.15, -0.1) is 0 Å². The first-order chi connectivity index (χ1) is 7.78. The van der Waals surface area contributed by atoms with Crippen molar-refractivity contribution in [2.24, 2.45) is 0 Å². The largest absolute Gasteiger partial charge is 0.437 e. The van der Waals surface area contributed by atoms with E-state index in [2.05, 4.69) is 23.0 Å². The van der Waals surface area contributed by atoms with E-state index in [9.17, 15) is 0 Å². The van der Waals surface area contributed by atoms with Gasteiger partial charge in [-0.1, -0.05) is 19.1 Å². The van der Waals surface area contributed by atoms with E-state index in [0.717, 1.165) is 12.2 Å². The molecule has 0 radical (unpaired) electrons. The van der Waals surface area contributed by atoms with E-state index in [1.807, 2.05) is 18.2 Å². The first kappa shape index (κ1) is 10.4. The summed E-state index contributed by atoms with van der Waals surface area (Å²) >= 11 is 0. The third-order valence-electron chi connectivity index (χ3n) is 2.16. The molecule has 0 aliphatic rings. The summed E-state index contributed by atoms with van der Waals surface area (Å²) < 4.78 is 5.55. The summed E-state index contributed by atoms with van der Waals surface area (Å²) in [5, 5.41) is 0. The summed E-state index contributed by atoms with van der Waals surface area (Å²) in [6, 6.07) is 7.86. The van der Waals surface area contributed by atoms with E-state index in [0.29, 0.717) is 11.7 Å². The van der Waals surface area contributed by atoms with E-state index in [1.165, 1.54) is 18.0 Å². The highest BCUT2D eigenvalue weighted by Crippen LogP contribution is 2.20. The molecule has 1 aromatic carbocycles. The number of benzene rings is 1. The summed E-state index contributed by atoms with van der Waals surface area (Å²) in [5.74, 6) is 1.51. The molecule has 0 aliphatic heterocycles. The van der Waals surface area contributed by atoms with Crippen LogP contribution >= 0.6 is 0 Å². The Morgan fingerprint density at radius 2 is 2.19 bits per heavy atom. The number of hydrogen-bond donors (Lipinski definition) is 1. The molecule has 16 heavy (non-hydrogen) atoms. The van der Waals surface area contributed by atoms with Gasteiger partial charge >= 0.3 is 0 Å². The number of nitrogens with two attached hydrogens (primary N) is 1. The van der Waals surface area contributed by atoms with Crippen molar-refractivity contribution in [1.82, 2.24) is 9.97 Å². The average molecular weight is 215 g/mol. The lowest BCUT2D eigenvalue weighted by molar-refractivity contribution is 0.460. The molecule has 0 fully saturated rings. The molecule has 4 nitrogen and oxygen atoms in total. The van der Waals surface area contributed by atoms with Crippen LogP contribution in [0.5, 0.6) is 11.6 Å². The molecule has 0 atom stereocenters. The first-order valence-corrected chi connectivity index (χ1v) is 5.12. The highest BCUT2D eigenvalue weighted by molar-refractivity contribution is 5.33. The third kappa shape index (κ3) is 2.48. The summed E-state index contributed by atoms with van der Waals surface area (Å²) in [4.78, 5) is 7.93. The maximum atomic E-state index is 5.55. The molecule has 0 spiro atoms. The molecule has 0 saturated heterocycles. The Balaban J connectivity index is 2.20. The lowest BCUT2D eigenvalue weighted by Gasteiger charge is -2.05. The third-order valence-corrected chi connectivity index (χ3v) is 2.16. The van der Waals surface area contributed by atoms with Gasteiger partial charge in [-0.25, -0.2) is 0 Å². The molecule has 0 saturated carbocycles. The van der Waals surface area contributed by atoms with Crippen molar-refractivity contribution in [3.8, 4) is 11.6 Å². The second kappa shape index (κ2) is 4.61. The minimum Gasteiger partial charge on any atom is -0.437 e. The van der Waals surface area contributed by atoms with E-state index in [1.54, 1.807) is 0 Å². The number of ether oxygens (including phenoxy) is 1. The minimum absolute atomic E-state index is 0.351. The van der Waals surface area contributed by atoms with Crippen molar-refractivity contribution in [3.05, 3.63) is 42.2 Å². The maximum absolute atomic E-state index is 5.55. The van der Waals surface area contributed by atoms with Gasteiger partial charge in [-0.05, 0) is 24.1 Å². The van der Waals surface area contributed by atoms with Crippen molar-refractivity contribution < 1.29 is 4.74 Å². The smallest absolute Gasteiger partial charge is 0.239 e. The Labute approximate surface area is 94.1 Å². The number of aryl methyl sites for hydroxylation is 1. The fourth-order valence-corrected chi connectivity index (χ4v) is 1.36. The molecule has 0 amide bonds. The van der Waals surface area contributed by atoms with Crippen LogP contribution in [0.2, 0.25) is 0 Å². The minimum atomic E-state index is 0.351. The van der Waals surface area contributed by atoms with Gasteiger partial charge in [0, 0.05) is 0 Å². The highest BCUT2D eigenvalue weighted by atomic mass is 16.5. The number of aromatic nitrogens is 2. The van der Waals surface area contributed by atoms with Crippen LogP contribution in [-0.2, 0) is 6.42 Å². The quantitative estimate of drug-likeness (QED) is 0.854. The molecule has 1 heterocycles. The van der Waals surface area contributed by atoms with Crippen LogP contribution in [0.1, 0.15) is 12.5 Å². The molecule has 1 aromatic heterocycles. The van der Waals surface area contributed by atoms with Crippen LogP contribution in [0.3, 0.4) is 0 Å². The number of anilines is 1. The van der Waals surface area contributed by atoms with Crippen molar-refractivity contribution >= 4 is 5.82 Å². The normalized spacial score (nSPS) is 10.1. The van der Waals surface area contributed by atoms with Crippen molar-refractivity contribution in [2.75, 3.05) is 5.73 Å². The molecule has 2 rings (SSSR count). The molecule has 4 heteroatoms. The van der Waals surface area contributed by atoms with Crippen LogP contribution in [0, 0.1) is 0 Å². The molecule has 0 aliphatic carbocycles. The first-order valence-electron chi connectivity index (χ1n) is 5.12. The average Bonchev–Trinajstić information content (AvgIpc) is 2.29. The summed E-state index contributed by atoms with van der Waals surface area (Å²) in [6.45, 7) is 2.10. The van der Waals surface area contributed by atoms with Crippen LogP contribution in [0.25, 0.3) is 0 Å². The summed E-state index contributed by atoms with van der Waals surface area (Å²) in [7, 11) is 0. The van der Waals surface area contributed by atoms with Crippen LogP contribution in [-0.4, -0.2) is 9.97 Å². The van der Waals surface area contributed by atoms with E-state index >= 15 is 0 Å². The standard InChI is InChI=1S/C12H13N3O/c1-2-9-4-3-5-10(6-9)16-12-8-14-7-11(13)15-12/h3-8H,2H2,1H3,(H2,13,15). The Hall–Kier alpha value is -2.10. The Morgan fingerprint density at radius 1 is 1.31 bits per heavy atom. The van der Waals surface area contributed by atoms with Gasteiger partial charge in [0.1, 0.15) is 11.6 Å². The Kier molecular flexibility index (Phi) is 3.00. The zero-order valence-corrected chi connectivity index (χ0v) is 9.05. The van der Waals surface area contributed by atoms with Crippen molar-refractivity contribution in [2.45, 2.75) is 13.3 Å². The Morgan fingerprint density at radius 3 is 2.94 bits per heavy atom. The zero-order valence-electron chi connectivity index (χ0n) is 9.05. The predicted octanol–water partition coefficient (Wildman–Crippen LogP) is 2.41. The van der Waals surface area contributed by atoms with E-state index in [-0.39, 0.29) is 0 Å². The molecule has 2 aromatic rings. The second-order valence-corrected chi connectivity index (χ2v) is 3.39. The zero-order chi connectivity index (χ0) is 11.4. The topological polar surface area (TPSA) is 61.0 Å². The Bertz CT molecular complexity index is 485. The van der Waals surface area contributed by atoms with Crippen molar-refractivity contribution in [1.29, 1.82) is 0 Å². The number of hydrogen-bond acceptors (Lipinski definition) is 4. The molecular weight excluding hydrogens is 202 g/mol. The van der Waals surface area contributed by atoms with E-state index < -0.39 is 0 Å². The lowest BCUT2D eigenvalue weighted by Crippen LogP contribution is -1.94. The van der Waals surface area contributed by atoms with Gasteiger partial charge in [0.25, 0.3) is 0 Å². The number of nitrogen functional groups attached to an aromatic ring is 1. The molecule has 2 N–H and O–H groups in total. The SMILES string of the molecule is CCc1cccc(Oc2cncc(N)n2)c1. The van der Waals surface area contributed by atoms with Gasteiger partial charge in [0.15, 0.2) is 0 Å². The van der Waals surface area contributed by atoms with Gasteiger partial charge in [-0.3, -0.25) is 4.98 Å². The molecular formula is C12H13N3O. The van der Waals surface area contributed by atoms with Gasteiger partial charge < -0.3 is 10.5 Å². The van der Waals surface area contributed by atoms with Gasteiger partial charge in [-0.2, -0.15) is 4.98 Å². The summed E-state index contributed by atoms with van der Waals surface area (Å²) in [5.41, 5.74) is 6.73. The number of rotatable bonds is 3. The van der Waals surface area contributed by atoms with Gasteiger partial charge in [0.2, 0.25) is 5.88 Å². The fourth-order valence-electron chi connectivity index (χ4n) is 1.36. The predicted molar refractivity (Wildman–Crippen MR) is 62.3 cm³/mol. The van der Waals surface area contributed by atoms with Gasteiger partial charge in [0.05, 0.1) is 12.4 Å². The molecule has 0 unspecified atom stereocenters. The fraction of sp³-hybridized carbons (Fsp3) is 0.167. The maximum Gasteiger partial charge on any atom is 0.239 e.